The Kier molecular flexibility index (Phi) is 17.6. The van der Waals surface area contributed by atoms with Gasteiger partial charge in [-0.15, -0.1) is 0 Å². The van der Waals surface area contributed by atoms with Crippen LogP contribution < -0.4 is 0 Å². The number of carboxylic acids is 1. The number of rotatable bonds is 20. The van der Waals surface area contributed by atoms with E-state index in [4.69, 9.17) is 9.84 Å². The summed E-state index contributed by atoms with van der Waals surface area (Å²) >= 11 is 0. The summed E-state index contributed by atoms with van der Waals surface area (Å²) in [4.78, 5) is 23.0. The van der Waals surface area contributed by atoms with Crippen molar-refractivity contribution in [2.75, 3.05) is 27.7 Å². The van der Waals surface area contributed by atoms with Crippen molar-refractivity contribution in [2.45, 2.75) is 109 Å². The topological polar surface area (TPSA) is 63.6 Å². The summed E-state index contributed by atoms with van der Waals surface area (Å²) in [5.74, 6) is -1.19. The van der Waals surface area contributed by atoms with Crippen LogP contribution in [0.1, 0.15) is 103 Å². The monoisotopic (exact) mass is 426 g/mol. The minimum atomic E-state index is -0.926. The van der Waals surface area contributed by atoms with Gasteiger partial charge in [-0.2, -0.15) is 0 Å². The molecule has 0 aliphatic heterocycles. The molecule has 0 aromatic heterocycles. The van der Waals surface area contributed by atoms with E-state index in [9.17, 15) is 9.59 Å². The Bertz CT molecular complexity index is 468. The van der Waals surface area contributed by atoms with Crippen molar-refractivity contribution in [3.8, 4) is 0 Å². The Hall–Kier alpha value is -1.36. The van der Waals surface area contributed by atoms with Crippen molar-refractivity contribution in [3.05, 3.63) is 12.2 Å². The molecule has 0 bridgehead atoms. The van der Waals surface area contributed by atoms with Gasteiger partial charge in [-0.3, -0.25) is 9.59 Å². The Labute approximate surface area is 185 Å². The van der Waals surface area contributed by atoms with Crippen LogP contribution in [0.5, 0.6) is 0 Å². The van der Waals surface area contributed by atoms with Crippen LogP contribution in [0.25, 0.3) is 0 Å². The van der Waals surface area contributed by atoms with E-state index in [1.165, 1.54) is 64.2 Å². The Morgan fingerprint density at radius 3 is 1.83 bits per heavy atom. The number of carbonyl (C=O) groups excluding carboxylic acids is 1. The molecule has 0 amide bonds. The minimum Gasteiger partial charge on any atom is -0.481 e. The summed E-state index contributed by atoms with van der Waals surface area (Å²) in [5, 5.41) is 9.01. The summed E-state index contributed by atoms with van der Waals surface area (Å²) in [5.41, 5.74) is 0. The molecule has 0 heterocycles. The zero-order chi connectivity index (χ0) is 22.7. The number of hydrogen-bond donors (Lipinski definition) is 1. The second-order valence-electron chi connectivity index (χ2n) is 9.52. The van der Waals surface area contributed by atoms with Crippen LogP contribution in [-0.4, -0.2) is 55.3 Å². The standard InChI is InChI=1S/C25H47NO4/c1-5-6-7-8-9-10-11-12-13-14-15-16-17-18-19-20-25(29)30-23(21-24(27)28)22-26(2,3)4/h8-9,23H,5-7,10-22H2,1-4H3/p+1/b9-8+. The average molecular weight is 427 g/mol. The molecule has 0 fully saturated rings. The van der Waals surface area contributed by atoms with Gasteiger partial charge in [0.25, 0.3) is 0 Å². The first-order valence-electron chi connectivity index (χ1n) is 12.1. The Morgan fingerprint density at radius 1 is 0.833 bits per heavy atom. The maximum absolute atomic E-state index is 12.0. The van der Waals surface area contributed by atoms with E-state index in [1.54, 1.807) is 0 Å². The third kappa shape index (κ3) is 21.4. The van der Waals surface area contributed by atoms with Gasteiger partial charge in [0.1, 0.15) is 6.54 Å². The van der Waals surface area contributed by atoms with Gasteiger partial charge in [-0.05, 0) is 25.7 Å². The number of hydrogen-bond acceptors (Lipinski definition) is 3. The number of unbranched alkanes of at least 4 members (excludes halogenated alkanes) is 11. The highest BCUT2D eigenvalue weighted by atomic mass is 16.5. The van der Waals surface area contributed by atoms with Gasteiger partial charge in [0.15, 0.2) is 6.10 Å². The van der Waals surface area contributed by atoms with Gasteiger partial charge in [0.05, 0.1) is 27.6 Å². The van der Waals surface area contributed by atoms with Gasteiger partial charge < -0.3 is 14.3 Å². The summed E-state index contributed by atoms with van der Waals surface area (Å²) in [7, 11) is 5.90. The molecule has 0 radical (unpaired) electrons. The molecule has 0 rings (SSSR count). The predicted molar refractivity (Wildman–Crippen MR) is 124 cm³/mol. The third-order valence-corrected chi connectivity index (χ3v) is 5.09. The van der Waals surface area contributed by atoms with Gasteiger partial charge in [-0.1, -0.05) is 76.9 Å². The van der Waals surface area contributed by atoms with Crippen LogP contribution in [0.2, 0.25) is 0 Å². The fraction of sp³-hybridized carbons (Fsp3) is 0.840. The molecule has 0 saturated heterocycles. The van der Waals surface area contributed by atoms with Gasteiger partial charge >= 0.3 is 11.9 Å². The lowest BCUT2D eigenvalue weighted by molar-refractivity contribution is -0.873. The van der Waals surface area contributed by atoms with Crippen LogP contribution >= 0.6 is 0 Å². The highest BCUT2D eigenvalue weighted by molar-refractivity contribution is 5.71. The molecule has 1 unspecified atom stereocenters. The molecule has 0 aliphatic rings. The lowest BCUT2D eigenvalue weighted by atomic mass is 10.1. The summed E-state index contributed by atoms with van der Waals surface area (Å²) in [6.45, 7) is 2.74. The molecule has 1 N–H and O–H groups in total. The quantitative estimate of drug-likeness (QED) is 0.110. The van der Waals surface area contributed by atoms with Crippen molar-refractivity contribution in [1.29, 1.82) is 0 Å². The zero-order valence-corrected chi connectivity index (χ0v) is 20.2. The molecule has 0 aromatic rings. The fourth-order valence-electron chi connectivity index (χ4n) is 3.52. The van der Waals surface area contributed by atoms with E-state index in [0.717, 1.165) is 19.3 Å². The molecule has 5 nitrogen and oxygen atoms in total. The van der Waals surface area contributed by atoms with Crippen LogP contribution in [0.4, 0.5) is 0 Å². The highest BCUT2D eigenvalue weighted by Crippen LogP contribution is 2.13. The lowest BCUT2D eigenvalue weighted by Gasteiger charge is -2.28. The molecule has 30 heavy (non-hydrogen) atoms. The number of ether oxygens (including phenoxy) is 1. The molecule has 176 valence electrons. The number of aliphatic carboxylic acids is 1. The van der Waals surface area contributed by atoms with E-state index >= 15 is 0 Å². The minimum absolute atomic E-state index is 0.129. The van der Waals surface area contributed by atoms with E-state index < -0.39 is 12.1 Å². The molecule has 0 saturated carbocycles. The number of allylic oxidation sites excluding steroid dienone is 2. The van der Waals surface area contributed by atoms with Gasteiger partial charge in [0.2, 0.25) is 0 Å². The molecule has 1 atom stereocenters. The number of nitrogens with zero attached hydrogens (tertiary/aromatic N) is 1. The zero-order valence-electron chi connectivity index (χ0n) is 20.2. The number of carboxylic acid groups (broad SMARTS) is 1. The molecule has 5 heteroatoms. The maximum Gasteiger partial charge on any atom is 0.307 e. The van der Waals surface area contributed by atoms with E-state index in [2.05, 4.69) is 19.1 Å². The predicted octanol–water partition coefficient (Wildman–Crippen LogP) is 6.12. The van der Waals surface area contributed by atoms with Crippen molar-refractivity contribution in [3.63, 3.8) is 0 Å². The molecule has 0 aromatic carbocycles. The summed E-state index contributed by atoms with van der Waals surface area (Å²) < 4.78 is 5.99. The molecular formula is C25H48NO4+. The van der Waals surface area contributed by atoms with Crippen LogP contribution in [-0.2, 0) is 14.3 Å². The van der Waals surface area contributed by atoms with Crippen molar-refractivity contribution >= 4 is 11.9 Å². The summed E-state index contributed by atoms with van der Waals surface area (Å²) in [6.07, 6.45) is 20.2. The fourth-order valence-corrected chi connectivity index (χ4v) is 3.52. The summed E-state index contributed by atoms with van der Waals surface area (Å²) in [6, 6.07) is 0. The number of likely N-dealkylation sites (N-methyl/N-ethyl adjacent to an activating group) is 1. The van der Waals surface area contributed by atoms with Crippen LogP contribution in [0, 0.1) is 0 Å². The normalized spacial score (nSPS) is 12.9. The van der Waals surface area contributed by atoms with Crippen LogP contribution in [0.3, 0.4) is 0 Å². The second-order valence-corrected chi connectivity index (χ2v) is 9.52. The first kappa shape index (κ1) is 28.6. The van der Waals surface area contributed by atoms with Crippen molar-refractivity contribution in [2.24, 2.45) is 0 Å². The molecular weight excluding hydrogens is 378 g/mol. The van der Waals surface area contributed by atoms with E-state index in [0.29, 0.717) is 17.4 Å². The molecule has 0 aliphatic carbocycles. The largest absolute Gasteiger partial charge is 0.481 e. The van der Waals surface area contributed by atoms with Gasteiger partial charge in [0, 0.05) is 6.42 Å². The lowest BCUT2D eigenvalue weighted by Crippen LogP contribution is -2.43. The first-order valence-corrected chi connectivity index (χ1v) is 12.1. The Balaban J connectivity index is 3.61. The van der Waals surface area contributed by atoms with Gasteiger partial charge in [-0.25, -0.2) is 0 Å². The number of esters is 1. The van der Waals surface area contributed by atoms with E-state index in [-0.39, 0.29) is 12.4 Å². The maximum atomic E-state index is 12.0. The van der Waals surface area contributed by atoms with E-state index in [1.807, 2.05) is 21.1 Å². The first-order chi connectivity index (χ1) is 14.2. The smallest absolute Gasteiger partial charge is 0.307 e. The molecule has 0 spiro atoms. The second kappa shape index (κ2) is 18.4. The highest BCUT2D eigenvalue weighted by Gasteiger charge is 2.24. The van der Waals surface area contributed by atoms with Crippen LogP contribution in [0.15, 0.2) is 12.2 Å². The Morgan fingerprint density at radius 2 is 1.33 bits per heavy atom. The number of carbonyl (C=O) groups is 2. The van der Waals surface area contributed by atoms with Crippen molar-refractivity contribution in [1.82, 2.24) is 0 Å². The average Bonchev–Trinajstić information content (AvgIpc) is 2.63. The van der Waals surface area contributed by atoms with Crippen molar-refractivity contribution < 1.29 is 23.9 Å². The SMILES string of the molecule is CCCC/C=C/CCCCCCCCCCCC(=O)OC(CC(=O)O)C[N+](C)(C)C. The number of quaternary nitrogens is 1. The third-order valence-electron chi connectivity index (χ3n) is 5.09.